The standard InChI is InChI=1S/C12H11NO2/c1-2-10-8-15-12(13-10)11(14)9-6-4-3-5-7-9/h3-8H,2H2,1H3. The molecule has 0 aliphatic heterocycles. The van der Waals surface area contributed by atoms with Crippen LogP contribution in [0.1, 0.15) is 28.9 Å². The van der Waals surface area contributed by atoms with Gasteiger partial charge in [0.1, 0.15) is 6.26 Å². The average Bonchev–Trinajstić information content (AvgIpc) is 2.78. The molecule has 0 radical (unpaired) electrons. The smallest absolute Gasteiger partial charge is 0.268 e. The van der Waals surface area contributed by atoms with Gasteiger partial charge in [0.05, 0.1) is 5.69 Å². The van der Waals surface area contributed by atoms with E-state index in [0.717, 1.165) is 12.1 Å². The van der Waals surface area contributed by atoms with Crippen LogP contribution in [0.25, 0.3) is 0 Å². The first-order valence-electron chi connectivity index (χ1n) is 4.85. The average molecular weight is 201 g/mol. The van der Waals surface area contributed by atoms with Gasteiger partial charge in [0.2, 0.25) is 5.78 Å². The van der Waals surface area contributed by atoms with Gasteiger partial charge in [-0.1, -0.05) is 37.3 Å². The molecule has 0 N–H and O–H groups in total. The molecule has 0 atom stereocenters. The van der Waals surface area contributed by atoms with Crippen LogP contribution in [-0.2, 0) is 6.42 Å². The number of hydrogen-bond acceptors (Lipinski definition) is 3. The molecule has 0 unspecified atom stereocenters. The van der Waals surface area contributed by atoms with Crippen LogP contribution in [0.2, 0.25) is 0 Å². The summed E-state index contributed by atoms with van der Waals surface area (Å²) in [6.07, 6.45) is 2.29. The third-order valence-electron chi connectivity index (χ3n) is 2.14. The maximum absolute atomic E-state index is 11.8. The number of aromatic nitrogens is 1. The molecule has 0 spiro atoms. The molecule has 0 saturated heterocycles. The van der Waals surface area contributed by atoms with Crippen molar-refractivity contribution in [1.29, 1.82) is 0 Å². The van der Waals surface area contributed by atoms with Gasteiger partial charge < -0.3 is 4.42 Å². The zero-order valence-corrected chi connectivity index (χ0v) is 8.43. The highest BCUT2D eigenvalue weighted by molar-refractivity contribution is 6.05. The van der Waals surface area contributed by atoms with Crippen molar-refractivity contribution in [3.8, 4) is 0 Å². The summed E-state index contributed by atoms with van der Waals surface area (Å²) >= 11 is 0. The molecule has 0 aliphatic carbocycles. The van der Waals surface area contributed by atoms with Crippen molar-refractivity contribution in [1.82, 2.24) is 4.98 Å². The number of ketones is 1. The molecule has 0 amide bonds. The van der Waals surface area contributed by atoms with Crippen LogP contribution in [0.5, 0.6) is 0 Å². The number of nitrogens with zero attached hydrogens (tertiary/aromatic N) is 1. The fourth-order valence-electron chi connectivity index (χ4n) is 1.29. The van der Waals surface area contributed by atoms with E-state index in [2.05, 4.69) is 4.98 Å². The summed E-state index contributed by atoms with van der Waals surface area (Å²) in [5, 5.41) is 0. The fraction of sp³-hybridized carbons (Fsp3) is 0.167. The SMILES string of the molecule is CCc1coc(C(=O)c2ccccc2)n1. The van der Waals surface area contributed by atoms with Crippen LogP contribution in [0.4, 0.5) is 0 Å². The summed E-state index contributed by atoms with van der Waals surface area (Å²) in [6.45, 7) is 1.97. The van der Waals surface area contributed by atoms with Gasteiger partial charge in [0.15, 0.2) is 0 Å². The highest BCUT2D eigenvalue weighted by Gasteiger charge is 2.14. The van der Waals surface area contributed by atoms with Crippen molar-refractivity contribution in [3.63, 3.8) is 0 Å². The van der Waals surface area contributed by atoms with E-state index in [1.165, 1.54) is 6.26 Å². The second kappa shape index (κ2) is 4.09. The highest BCUT2D eigenvalue weighted by atomic mass is 16.3. The van der Waals surface area contributed by atoms with Crippen LogP contribution in [0.15, 0.2) is 41.0 Å². The van der Waals surface area contributed by atoms with Gasteiger partial charge in [0.25, 0.3) is 5.89 Å². The van der Waals surface area contributed by atoms with Crippen LogP contribution in [-0.4, -0.2) is 10.8 Å². The second-order valence-corrected chi connectivity index (χ2v) is 3.19. The van der Waals surface area contributed by atoms with Crippen LogP contribution < -0.4 is 0 Å². The van der Waals surface area contributed by atoms with Crippen LogP contribution in [0.3, 0.4) is 0 Å². The van der Waals surface area contributed by atoms with Gasteiger partial charge in [0, 0.05) is 5.56 Å². The number of rotatable bonds is 3. The third-order valence-corrected chi connectivity index (χ3v) is 2.14. The van der Waals surface area contributed by atoms with Crippen LogP contribution >= 0.6 is 0 Å². The van der Waals surface area contributed by atoms with Crippen molar-refractivity contribution in [3.05, 3.63) is 53.7 Å². The predicted octanol–water partition coefficient (Wildman–Crippen LogP) is 2.47. The number of oxazole rings is 1. The lowest BCUT2D eigenvalue weighted by Gasteiger charge is -1.94. The normalized spacial score (nSPS) is 10.2. The topological polar surface area (TPSA) is 43.1 Å². The molecule has 0 aliphatic rings. The molecular formula is C12H11NO2. The minimum absolute atomic E-state index is 0.165. The lowest BCUT2D eigenvalue weighted by Crippen LogP contribution is -2.01. The number of benzene rings is 1. The lowest BCUT2D eigenvalue weighted by atomic mass is 10.1. The largest absolute Gasteiger partial charge is 0.442 e. The van der Waals surface area contributed by atoms with Gasteiger partial charge in [-0.05, 0) is 6.42 Å². The fourth-order valence-corrected chi connectivity index (χ4v) is 1.29. The minimum Gasteiger partial charge on any atom is -0.442 e. The van der Waals surface area contributed by atoms with E-state index in [0.29, 0.717) is 5.56 Å². The molecule has 1 heterocycles. The quantitative estimate of drug-likeness (QED) is 0.716. The lowest BCUT2D eigenvalue weighted by molar-refractivity contribution is 0.100. The highest BCUT2D eigenvalue weighted by Crippen LogP contribution is 2.09. The van der Waals surface area contributed by atoms with Crippen molar-refractivity contribution in [2.24, 2.45) is 0 Å². The monoisotopic (exact) mass is 201 g/mol. The zero-order chi connectivity index (χ0) is 10.7. The number of hydrogen-bond donors (Lipinski definition) is 0. The van der Waals surface area contributed by atoms with E-state index in [1.54, 1.807) is 12.1 Å². The summed E-state index contributed by atoms with van der Waals surface area (Å²) in [5.74, 6) is -0.00616. The van der Waals surface area contributed by atoms with Crippen LogP contribution in [0, 0.1) is 0 Å². The molecule has 0 bridgehead atoms. The van der Waals surface area contributed by atoms with E-state index < -0.39 is 0 Å². The van der Waals surface area contributed by atoms with Gasteiger partial charge in [-0.2, -0.15) is 0 Å². The Morgan fingerprint density at radius 2 is 2.07 bits per heavy atom. The van der Waals surface area contributed by atoms with E-state index in [9.17, 15) is 4.79 Å². The number of carbonyl (C=O) groups is 1. The van der Waals surface area contributed by atoms with E-state index in [-0.39, 0.29) is 11.7 Å². The van der Waals surface area contributed by atoms with Gasteiger partial charge >= 0.3 is 0 Å². The zero-order valence-electron chi connectivity index (χ0n) is 8.43. The molecule has 3 nitrogen and oxygen atoms in total. The van der Waals surface area contributed by atoms with E-state index in [1.807, 2.05) is 25.1 Å². The Bertz CT molecular complexity index is 459. The Labute approximate surface area is 87.8 Å². The van der Waals surface area contributed by atoms with Crippen molar-refractivity contribution in [2.45, 2.75) is 13.3 Å². The molecule has 15 heavy (non-hydrogen) atoms. The number of aryl methyl sites for hydroxylation is 1. The van der Waals surface area contributed by atoms with Crippen molar-refractivity contribution in [2.75, 3.05) is 0 Å². The van der Waals surface area contributed by atoms with Gasteiger partial charge in [-0.15, -0.1) is 0 Å². The number of carbonyl (C=O) groups excluding carboxylic acids is 1. The Kier molecular flexibility index (Phi) is 2.63. The maximum atomic E-state index is 11.8. The molecular weight excluding hydrogens is 190 g/mol. The third kappa shape index (κ3) is 1.96. The molecule has 3 heteroatoms. The first kappa shape index (κ1) is 9.65. The van der Waals surface area contributed by atoms with E-state index >= 15 is 0 Å². The minimum atomic E-state index is -0.171. The molecule has 2 aromatic rings. The Morgan fingerprint density at radius 3 is 2.67 bits per heavy atom. The Hall–Kier alpha value is -1.90. The van der Waals surface area contributed by atoms with Gasteiger partial charge in [-0.3, -0.25) is 4.79 Å². The molecule has 2 rings (SSSR count). The maximum Gasteiger partial charge on any atom is 0.268 e. The first-order chi connectivity index (χ1) is 7.31. The predicted molar refractivity (Wildman–Crippen MR) is 55.8 cm³/mol. The second-order valence-electron chi connectivity index (χ2n) is 3.19. The molecule has 76 valence electrons. The summed E-state index contributed by atoms with van der Waals surface area (Å²) in [4.78, 5) is 15.9. The summed E-state index contributed by atoms with van der Waals surface area (Å²) < 4.78 is 5.11. The summed E-state index contributed by atoms with van der Waals surface area (Å²) in [5.41, 5.74) is 1.40. The van der Waals surface area contributed by atoms with Crippen molar-refractivity contribution < 1.29 is 9.21 Å². The molecule has 1 aromatic carbocycles. The summed E-state index contributed by atoms with van der Waals surface area (Å²) in [6, 6.07) is 8.99. The van der Waals surface area contributed by atoms with E-state index in [4.69, 9.17) is 4.42 Å². The Balaban J connectivity index is 2.29. The molecule has 1 aromatic heterocycles. The van der Waals surface area contributed by atoms with Crippen molar-refractivity contribution >= 4 is 5.78 Å². The van der Waals surface area contributed by atoms with Gasteiger partial charge in [-0.25, -0.2) is 4.98 Å². The Morgan fingerprint density at radius 1 is 1.33 bits per heavy atom. The first-order valence-corrected chi connectivity index (χ1v) is 4.85. The summed E-state index contributed by atoms with van der Waals surface area (Å²) in [7, 11) is 0. The molecule has 0 fully saturated rings. The molecule has 0 saturated carbocycles.